The summed E-state index contributed by atoms with van der Waals surface area (Å²) in [7, 11) is 0. The molecule has 1 unspecified atom stereocenters. The number of nitrogens with one attached hydrogen (secondary N) is 1. The second kappa shape index (κ2) is 6.06. The van der Waals surface area contributed by atoms with E-state index in [1.54, 1.807) is 0 Å². The molecule has 0 amide bonds. The molecular formula is C17H26N2. The van der Waals surface area contributed by atoms with E-state index in [4.69, 9.17) is 0 Å². The Labute approximate surface area is 117 Å². The van der Waals surface area contributed by atoms with Crippen molar-refractivity contribution in [1.29, 1.82) is 0 Å². The number of nitrogens with zero attached hydrogens (tertiary/aromatic N) is 1. The van der Waals surface area contributed by atoms with Crippen molar-refractivity contribution in [2.75, 3.05) is 26.2 Å². The van der Waals surface area contributed by atoms with E-state index in [0.717, 1.165) is 12.0 Å². The molecule has 1 atom stereocenters. The molecule has 2 heteroatoms. The monoisotopic (exact) mass is 258 g/mol. The fourth-order valence-corrected chi connectivity index (χ4v) is 3.07. The molecule has 1 heterocycles. The van der Waals surface area contributed by atoms with Gasteiger partial charge in [-0.1, -0.05) is 24.3 Å². The molecule has 1 aromatic carbocycles. The van der Waals surface area contributed by atoms with E-state index in [2.05, 4.69) is 41.4 Å². The smallest absolute Gasteiger partial charge is 0.00683 e. The Morgan fingerprint density at radius 3 is 2.84 bits per heavy atom. The largest absolute Gasteiger partial charge is 0.314 e. The number of benzene rings is 1. The SMILES string of the molecule is Cc1ccccc1CCN1CCC(CNC2CC2)C1. The van der Waals surface area contributed by atoms with E-state index in [1.807, 2.05) is 0 Å². The van der Waals surface area contributed by atoms with Gasteiger partial charge in [0, 0.05) is 19.1 Å². The van der Waals surface area contributed by atoms with E-state index in [-0.39, 0.29) is 0 Å². The molecule has 0 aromatic heterocycles. The van der Waals surface area contributed by atoms with Gasteiger partial charge in [-0.25, -0.2) is 0 Å². The number of aryl methyl sites for hydroxylation is 1. The normalized spacial score (nSPS) is 23.9. The van der Waals surface area contributed by atoms with Crippen LogP contribution < -0.4 is 5.32 Å². The zero-order valence-electron chi connectivity index (χ0n) is 12.1. The molecule has 2 fully saturated rings. The van der Waals surface area contributed by atoms with Crippen molar-refractivity contribution in [1.82, 2.24) is 10.2 Å². The lowest BCUT2D eigenvalue weighted by Crippen LogP contribution is -2.28. The van der Waals surface area contributed by atoms with Gasteiger partial charge < -0.3 is 10.2 Å². The van der Waals surface area contributed by atoms with Crippen LogP contribution in [0, 0.1) is 12.8 Å². The lowest BCUT2D eigenvalue weighted by molar-refractivity contribution is 0.325. The van der Waals surface area contributed by atoms with Gasteiger partial charge in [0.1, 0.15) is 0 Å². The molecule has 0 bridgehead atoms. The molecule has 0 spiro atoms. The number of likely N-dealkylation sites (tertiary alicyclic amines) is 1. The fourth-order valence-electron chi connectivity index (χ4n) is 3.07. The van der Waals surface area contributed by atoms with Crippen molar-refractivity contribution in [3.63, 3.8) is 0 Å². The van der Waals surface area contributed by atoms with Crippen LogP contribution in [0.5, 0.6) is 0 Å². The lowest BCUT2D eigenvalue weighted by Gasteiger charge is -2.17. The summed E-state index contributed by atoms with van der Waals surface area (Å²) in [6, 6.07) is 9.66. The predicted molar refractivity (Wildman–Crippen MR) is 80.5 cm³/mol. The average Bonchev–Trinajstić information content (AvgIpc) is 3.14. The third-order valence-corrected chi connectivity index (χ3v) is 4.60. The molecule has 0 radical (unpaired) electrons. The average molecular weight is 258 g/mol. The Kier molecular flexibility index (Phi) is 4.19. The Hall–Kier alpha value is -0.860. The molecule has 2 nitrogen and oxygen atoms in total. The standard InChI is InChI=1S/C17H26N2/c1-14-4-2-3-5-16(14)9-11-19-10-8-15(13-19)12-18-17-6-7-17/h2-5,15,17-18H,6-13H2,1H3. The number of hydrogen-bond donors (Lipinski definition) is 1. The van der Waals surface area contributed by atoms with E-state index in [9.17, 15) is 0 Å². The van der Waals surface area contributed by atoms with Gasteiger partial charge >= 0.3 is 0 Å². The summed E-state index contributed by atoms with van der Waals surface area (Å²) >= 11 is 0. The van der Waals surface area contributed by atoms with Gasteiger partial charge in [-0.2, -0.15) is 0 Å². The summed E-state index contributed by atoms with van der Waals surface area (Å²) in [6.07, 6.45) is 5.40. The van der Waals surface area contributed by atoms with Crippen LogP contribution in [-0.4, -0.2) is 37.1 Å². The highest BCUT2D eigenvalue weighted by Gasteiger charge is 2.25. The lowest BCUT2D eigenvalue weighted by atomic mass is 10.1. The molecule has 3 rings (SSSR count). The van der Waals surface area contributed by atoms with Crippen LogP contribution in [0.25, 0.3) is 0 Å². The molecule has 1 aromatic rings. The molecule has 1 aliphatic heterocycles. The number of rotatable bonds is 6. The van der Waals surface area contributed by atoms with Gasteiger partial charge in [0.15, 0.2) is 0 Å². The molecule has 2 aliphatic rings. The molecule has 1 N–H and O–H groups in total. The van der Waals surface area contributed by atoms with E-state index < -0.39 is 0 Å². The maximum atomic E-state index is 3.68. The van der Waals surface area contributed by atoms with Gasteiger partial charge in [0.25, 0.3) is 0 Å². The van der Waals surface area contributed by atoms with Gasteiger partial charge in [-0.15, -0.1) is 0 Å². The van der Waals surface area contributed by atoms with Crippen molar-refractivity contribution < 1.29 is 0 Å². The Morgan fingerprint density at radius 1 is 1.21 bits per heavy atom. The van der Waals surface area contributed by atoms with Gasteiger partial charge in [0.05, 0.1) is 0 Å². The highest BCUT2D eigenvalue weighted by molar-refractivity contribution is 5.25. The maximum absolute atomic E-state index is 3.68. The Balaban J connectivity index is 1.40. The zero-order valence-corrected chi connectivity index (χ0v) is 12.1. The van der Waals surface area contributed by atoms with Gasteiger partial charge in [-0.3, -0.25) is 0 Å². The topological polar surface area (TPSA) is 15.3 Å². The van der Waals surface area contributed by atoms with Crippen molar-refractivity contribution >= 4 is 0 Å². The van der Waals surface area contributed by atoms with Gasteiger partial charge in [0.2, 0.25) is 0 Å². The first kappa shape index (κ1) is 13.1. The summed E-state index contributed by atoms with van der Waals surface area (Å²) in [5, 5.41) is 3.68. The van der Waals surface area contributed by atoms with Crippen LogP contribution in [0.1, 0.15) is 30.4 Å². The van der Waals surface area contributed by atoms with Crippen LogP contribution in [0.2, 0.25) is 0 Å². The van der Waals surface area contributed by atoms with Crippen LogP contribution in [0.3, 0.4) is 0 Å². The van der Waals surface area contributed by atoms with E-state index in [0.29, 0.717) is 0 Å². The van der Waals surface area contributed by atoms with Gasteiger partial charge in [-0.05, 0) is 62.7 Å². The van der Waals surface area contributed by atoms with Crippen LogP contribution in [0.4, 0.5) is 0 Å². The zero-order chi connectivity index (χ0) is 13.1. The minimum absolute atomic E-state index is 0.862. The first-order valence-corrected chi connectivity index (χ1v) is 7.81. The summed E-state index contributed by atoms with van der Waals surface area (Å²) in [4.78, 5) is 2.64. The van der Waals surface area contributed by atoms with Crippen molar-refractivity contribution in [3.05, 3.63) is 35.4 Å². The maximum Gasteiger partial charge on any atom is 0.00683 e. The van der Waals surface area contributed by atoms with Crippen LogP contribution in [-0.2, 0) is 6.42 Å². The predicted octanol–water partition coefficient (Wildman–Crippen LogP) is 2.61. The number of hydrogen-bond acceptors (Lipinski definition) is 2. The minimum atomic E-state index is 0.862. The van der Waals surface area contributed by atoms with Crippen LogP contribution in [0.15, 0.2) is 24.3 Å². The first-order chi connectivity index (χ1) is 9.31. The van der Waals surface area contributed by atoms with E-state index in [1.165, 1.54) is 63.0 Å². The Morgan fingerprint density at radius 2 is 2.05 bits per heavy atom. The summed E-state index contributed by atoms with van der Waals surface area (Å²) in [5.74, 6) is 0.887. The first-order valence-electron chi connectivity index (χ1n) is 7.81. The van der Waals surface area contributed by atoms with Crippen molar-refractivity contribution in [3.8, 4) is 0 Å². The highest BCUT2D eigenvalue weighted by Crippen LogP contribution is 2.21. The third kappa shape index (κ3) is 3.80. The van der Waals surface area contributed by atoms with E-state index >= 15 is 0 Å². The summed E-state index contributed by atoms with van der Waals surface area (Å²) in [5.41, 5.74) is 2.95. The Bertz CT molecular complexity index is 411. The molecule has 1 saturated heterocycles. The fraction of sp³-hybridized carbons (Fsp3) is 0.647. The minimum Gasteiger partial charge on any atom is -0.314 e. The third-order valence-electron chi connectivity index (χ3n) is 4.60. The quantitative estimate of drug-likeness (QED) is 0.844. The highest BCUT2D eigenvalue weighted by atomic mass is 15.1. The summed E-state index contributed by atoms with van der Waals surface area (Å²) < 4.78 is 0. The van der Waals surface area contributed by atoms with Crippen molar-refractivity contribution in [2.45, 2.75) is 38.6 Å². The van der Waals surface area contributed by atoms with Crippen molar-refractivity contribution in [2.24, 2.45) is 5.92 Å². The molecular weight excluding hydrogens is 232 g/mol. The molecule has 104 valence electrons. The summed E-state index contributed by atoms with van der Waals surface area (Å²) in [6.45, 7) is 7.28. The molecule has 19 heavy (non-hydrogen) atoms. The second-order valence-corrected chi connectivity index (χ2v) is 6.31. The molecule has 1 aliphatic carbocycles. The molecule has 1 saturated carbocycles. The second-order valence-electron chi connectivity index (χ2n) is 6.31. The van der Waals surface area contributed by atoms with Crippen LogP contribution >= 0.6 is 0 Å².